The monoisotopic (exact) mass is 250 g/mol. The SMILES string of the molecule is Cc1ncc(CNCCCCn2ccnc2)s1. The zero-order valence-corrected chi connectivity index (χ0v) is 10.9. The molecule has 5 heteroatoms. The molecule has 0 amide bonds. The summed E-state index contributed by atoms with van der Waals surface area (Å²) in [4.78, 5) is 9.57. The lowest BCUT2D eigenvalue weighted by Gasteiger charge is -2.03. The van der Waals surface area contributed by atoms with Gasteiger partial charge >= 0.3 is 0 Å². The van der Waals surface area contributed by atoms with Crippen LogP contribution < -0.4 is 5.32 Å². The number of imidazole rings is 1. The smallest absolute Gasteiger partial charge is 0.0945 e. The lowest BCUT2D eigenvalue weighted by atomic mass is 10.3. The molecule has 0 bridgehead atoms. The first kappa shape index (κ1) is 12.3. The summed E-state index contributed by atoms with van der Waals surface area (Å²) in [5.41, 5.74) is 0. The Kier molecular flexibility index (Phi) is 4.70. The van der Waals surface area contributed by atoms with E-state index in [1.165, 1.54) is 17.7 Å². The van der Waals surface area contributed by atoms with Crippen LogP contribution in [0.5, 0.6) is 0 Å². The van der Waals surface area contributed by atoms with Crippen molar-refractivity contribution in [1.82, 2.24) is 19.9 Å². The molecule has 92 valence electrons. The molecule has 2 aromatic rings. The first-order valence-electron chi connectivity index (χ1n) is 5.92. The molecule has 4 nitrogen and oxygen atoms in total. The van der Waals surface area contributed by atoms with E-state index in [4.69, 9.17) is 0 Å². The van der Waals surface area contributed by atoms with Crippen molar-refractivity contribution < 1.29 is 0 Å². The van der Waals surface area contributed by atoms with Gasteiger partial charge in [0.25, 0.3) is 0 Å². The van der Waals surface area contributed by atoms with Crippen molar-refractivity contribution in [2.75, 3.05) is 6.54 Å². The normalized spacial score (nSPS) is 10.9. The molecule has 0 spiro atoms. The van der Waals surface area contributed by atoms with Crippen LogP contribution in [0.15, 0.2) is 24.9 Å². The molecule has 0 fully saturated rings. The van der Waals surface area contributed by atoms with E-state index in [2.05, 4.69) is 19.9 Å². The van der Waals surface area contributed by atoms with Crippen LogP contribution >= 0.6 is 11.3 Å². The van der Waals surface area contributed by atoms with Gasteiger partial charge in [-0.05, 0) is 26.3 Å². The Bertz CT molecular complexity index is 421. The van der Waals surface area contributed by atoms with Crippen LogP contribution in [-0.2, 0) is 13.1 Å². The minimum absolute atomic E-state index is 0.941. The van der Waals surface area contributed by atoms with Crippen LogP contribution in [0.3, 0.4) is 0 Å². The molecule has 17 heavy (non-hydrogen) atoms. The molecule has 0 aliphatic heterocycles. The van der Waals surface area contributed by atoms with Gasteiger partial charge in [0, 0.05) is 36.6 Å². The van der Waals surface area contributed by atoms with Gasteiger partial charge in [0.2, 0.25) is 0 Å². The van der Waals surface area contributed by atoms with Crippen LogP contribution in [-0.4, -0.2) is 21.1 Å². The first-order chi connectivity index (χ1) is 8.34. The van der Waals surface area contributed by atoms with Crippen molar-refractivity contribution in [1.29, 1.82) is 0 Å². The summed E-state index contributed by atoms with van der Waals surface area (Å²) in [6, 6.07) is 0. The van der Waals surface area contributed by atoms with Gasteiger partial charge in [-0.2, -0.15) is 0 Å². The molecule has 2 rings (SSSR count). The summed E-state index contributed by atoms with van der Waals surface area (Å²) in [7, 11) is 0. The molecular weight excluding hydrogens is 232 g/mol. The van der Waals surface area contributed by atoms with E-state index in [-0.39, 0.29) is 0 Å². The van der Waals surface area contributed by atoms with Crippen molar-refractivity contribution in [2.45, 2.75) is 32.9 Å². The van der Waals surface area contributed by atoms with Gasteiger partial charge < -0.3 is 9.88 Å². The fourth-order valence-electron chi connectivity index (χ4n) is 1.66. The molecule has 0 saturated heterocycles. The number of hydrogen-bond acceptors (Lipinski definition) is 4. The van der Waals surface area contributed by atoms with Gasteiger partial charge in [-0.25, -0.2) is 9.97 Å². The predicted molar refractivity (Wildman–Crippen MR) is 70.0 cm³/mol. The van der Waals surface area contributed by atoms with E-state index in [0.717, 1.165) is 24.6 Å². The van der Waals surface area contributed by atoms with E-state index < -0.39 is 0 Å². The van der Waals surface area contributed by atoms with Gasteiger partial charge in [0.15, 0.2) is 0 Å². The number of rotatable bonds is 7. The molecule has 1 N–H and O–H groups in total. The van der Waals surface area contributed by atoms with Crippen LogP contribution in [0.25, 0.3) is 0 Å². The van der Waals surface area contributed by atoms with Crippen molar-refractivity contribution >= 4 is 11.3 Å². The summed E-state index contributed by atoms with van der Waals surface area (Å²) in [6.07, 6.45) is 10.0. The number of aryl methyl sites for hydroxylation is 2. The molecule has 0 atom stereocenters. The van der Waals surface area contributed by atoms with E-state index in [1.54, 1.807) is 11.3 Å². The standard InChI is InChI=1S/C12H18N4S/c1-11-15-9-12(17-11)8-13-4-2-3-6-16-7-5-14-10-16/h5,7,9-10,13H,2-4,6,8H2,1H3. The third-order valence-corrected chi connectivity index (χ3v) is 3.46. The van der Waals surface area contributed by atoms with Gasteiger partial charge in [-0.15, -0.1) is 11.3 Å². The minimum atomic E-state index is 0.941. The zero-order valence-electron chi connectivity index (χ0n) is 10.1. The summed E-state index contributed by atoms with van der Waals surface area (Å²) < 4.78 is 2.12. The largest absolute Gasteiger partial charge is 0.337 e. The Morgan fingerprint density at radius 1 is 1.41 bits per heavy atom. The summed E-state index contributed by atoms with van der Waals surface area (Å²) >= 11 is 1.76. The second-order valence-electron chi connectivity index (χ2n) is 4.03. The Labute approximate surface area is 106 Å². The van der Waals surface area contributed by atoms with Gasteiger partial charge in [0.1, 0.15) is 0 Å². The average molecular weight is 250 g/mol. The second kappa shape index (κ2) is 6.51. The van der Waals surface area contributed by atoms with Gasteiger partial charge in [-0.3, -0.25) is 0 Å². The van der Waals surface area contributed by atoms with Crippen LogP contribution in [0.4, 0.5) is 0 Å². The van der Waals surface area contributed by atoms with E-state index in [9.17, 15) is 0 Å². The Morgan fingerprint density at radius 3 is 3.06 bits per heavy atom. The van der Waals surface area contributed by atoms with Crippen LogP contribution in [0, 0.1) is 6.92 Å². The molecule has 2 aromatic heterocycles. The maximum absolute atomic E-state index is 4.23. The fraction of sp³-hybridized carbons (Fsp3) is 0.500. The summed E-state index contributed by atoms with van der Waals surface area (Å²) in [5, 5.41) is 4.58. The summed E-state index contributed by atoms with van der Waals surface area (Å²) in [6.45, 7) is 5.10. The number of hydrogen-bond donors (Lipinski definition) is 1. The van der Waals surface area contributed by atoms with Crippen molar-refractivity contribution in [2.24, 2.45) is 0 Å². The number of thiazole rings is 1. The Hall–Kier alpha value is -1.20. The predicted octanol–water partition coefficient (Wildman–Crippen LogP) is 2.22. The number of unbranched alkanes of at least 4 members (excludes halogenated alkanes) is 1. The van der Waals surface area contributed by atoms with Crippen molar-refractivity contribution in [3.63, 3.8) is 0 Å². The van der Waals surface area contributed by atoms with E-state index >= 15 is 0 Å². The molecule has 0 saturated carbocycles. The second-order valence-corrected chi connectivity index (χ2v) is 5.35. The van der Waals surface area contributed by atoms with E-state index in [0.29, 0.717) is 0 Å². The maximum atomic E-state index is 4.23. The highest BCUT2D eigenvalue weighted by Crippen LogP contribution is 2.10. The average Bonchev–Trinajstić information content (AvgIpc) is 2.95. The lowest BCUT2D eigenvalue weighted by molar-refractivity contribution is 0.569. The molecule has 0 aromatic carbocycles. The minimum Gasteiger partial charge on any atom is -0.337 e. The molecular formula is C12H18N4S. The molecule has 2 heterocycles. The Balaban J connectivity index is 1.52. The molecule has 0 unspecified atom stereocenters. The van der Waals surface area contributed by atoms with Crippen LogP contribution in [0.2, 0.25) is 0 Å². The lowest BCUT2D eigenvalue weighted by Crippen LogP contribution is -2.14. The highest BCUT2D eigenvalue weighted by atomic mass is 32.1. The number of nitrogens with zero attached hydrogens (tertiary/aromatic N) is 3. The third-order valence-electron chi connectivity index (χ3n) is 2.55. The first-order valence-corrected chi connectivity index (χ1v) is 6.74. The van der Waals surface area contributed by atoms with Crippen molar-refractivity contribution in [3.8, 4) is 0 Å². The van der Waals surface area contributed by atoms with Crippen LogP contribution in [0.1, 0.15) is 22.7 Å². The van der Waals surface area contributed by atoms with Crippen molar-refractivity contribution in [3.05, 3.63) is 34.8 Å². The van der Waals surface area contributed by atoms with E-state index in [1.807, 2.05) is 31.8 Å². The molecule has 0 aliphatic carbocycles. The molecule has 0 radical (unpaired) electrons. The number of aromatic nitrogens is 3. The zero-order chi connectivity index (χ0) is 11.9. The van der Waals surface area contributed by atoms with Gasteiger partial charge in [-0.1, -0.05) is 0 Å². The molecule has 0 aliphatic rings. The maximum Gasteiger partial charge on any atom is 0.0945 e. The highest BCUT2D eigenvalue weighted by Gasteiger charge is 1.97. The third kappa shape index (κ3) is 4.28. The van der Waals surface area contributed by atoms with Gasteiger partial charge in [0.05, 0.1) is 11.3 Å². The highest BCUT2D eigenvalue weighted by molar-refractivity contribution is 7.11. The fourth-order valence-corrected chi connectivity index (χ4v) is 2.43. The number of nitrogens with one attached hydrogen (secondary N) is 1. The Morgan fingerprint density at radius 2 is 2.35 bits per heavy atom. The topological polar surface area (TPSA) is 42.7 Å². The summed E-state index contributed by atoms with van der Waals surface area (Å²) in [5.74, 6) is 0. The quantitative estimate of drug-likeness (QED) is 0.766.